The van der Waals surface area contributed by atoms with Crippen molar-refractivity contribution in [3.05, 3.63) is 40.9 Å². The molecule has 1 fully saturated rings. The van der Waals surface area contributed by atoms with Crippen LogP contribution in [0, 0.1) is 5.92 Å². The van der Waals surface area contributed by atoms with E-state index in [4.69, 9.17) is 9.47 Å². The van der Waals surface area contributed by atoms with E-state index in [2.05, 4.69) is 11.9 Å². The highest BCUT2D eigenvalue weighted by atomic mass is 32.1. The maximum Gasteiger partial charge on any atom is 0.410 e. The fourth-order valence-corrected chi connectivity index (χ4v) is 4.57. The summed E-state index contributed by atoms with van der Waals surface area (Å²) in [6.07, 6.45) is 1.88. The van der Waals surface area contributed by atoms with Gasteiger partial charge in [0.25, 0.3) is 0 Å². The fourth-order valence-electron chi connectivity index (χ4n) is 3.70. The highest BCUT2D eigenvalue weighted by molar-refractivity contribution is 7.14. The van der Waals surface area contributed by atoms with Crippen LogP contribution in [0.5, 0.6) is 0 Å². The van der Waals surface area contributed by atoms with Crippen molar-refractivity contribution in [3.8, 4) is 0 Å². The quantitative estimate of drug-likeness (QED) is 0.528. The van der Waals surface area contributed by atoms with Crippen molar-refractivity contribution in [3.63, 3.8) is 0 Å². The Morgan fingerprint density at radius 2 is 1.91 bits per heavy atom. The van der Waals surface area contributed by atoms with E-state index < -0.39 is 17.6 Å². The van der Waals surface area contributed by atoms with Crippen molar-refractivity contribution in [2.45, 2.75) is 66.1 Å². The Hall–Kier alpha value is -2.94. The highest BCUT2D eigenvalue weighted by Crippen LogP contribution is 2.30. The van der Waals surface area contributed by atoms with E-state index in [1.165, 1.54) is 23.8 Å². The Morgan fingerprint density at radius 1 is 1.21 bits per heavy atom. The number of ether oxygens (including phenoxy) is 2. The van der Waals surface area contributed by atoms with Crippen LogP contribution in [0.2, 0.25) is 0 Å². The summed E-state index contributed by atoms with van der Waals surface area (Å²) in [5, 5.41) is 2.31. The molecule has 0 radical (unpaired) electrons. The molecule has 1 aliphatic heterocycles. The third-order valence-corrected chi connectivity index (χ3v) is 6.29. The predicted octanol–water partition coefficient (Wildman–Crippen LogP) is 5.08. The Balaban J connectivity index is 1.59. The number of likely N-dealkylation sites (tertiary alicyclic amines) is 1. The van der Waals surface area contributed by atoms with Crippen LogP contribution in [0.4, 0.5) is 15.6 Å². The van der Waals surface area contributed by atoms with Crippen molar-refractivity contribution < 1.29 is 23.9 Å². The number of rotatable bonds is 6. The van der Waals surface area contributed by atoms with Gasteiger partial charge in [-0.05, 0) is 57.7 Å². The molecule has 0 spiro atoms. The second kappa shape index (κ2) is 11.0. The van der Waals surface area contributed by atoms with Gasteiger partial charge in [-0.25, -0.2) is 9.78 Å². The maximum absolute atomic E-state index is 12.7. The number of hydrogen-bond acceptors (Lipinski definition) is 7. The average molecular weight is 488 g/mol. The molecule has 0 bridgehead atoms. The smallest absolute Gasteiger partial charge is 0.410 e. The first-order valence-electron chi connectivity index (χ1n) is 11.6. The number of nitrogens with zero attached hydrogens (tertiary/aromatic N) is 3. The van der Waals surface area contributed by atoms with Crippen LogP contribution < -0.4 is 4.90 Å². The number of aryl methyl sites for hydroxylation is 1. The van der Waals surface area contributed by atoms with Crippen molar-refractivity contribution in [2.24, 2.45) is 5.92 Å². The van der Waals surface area contributed by atoms with Gasteiger partial charge in [0.15, 0.2) is 5.13 Å². The first kappa shape index (κ1) is 25.7. The standard InChI is InChI=1S/C25H33N3O5S/c1-6-18-9-11-21(12-10-18)28(17(2)29)23-26-20(16-34-23)15-32-22(30)19-8-7-13-27(14-19)24(31)33-25(3,4)5/h9-12,16,19H,6-8,13-15H2,1-5H3. The summed E-state index contributed by atoms with van der Waals surface area (Å²) in [6.45, 7) is 9.88. The molecule has 8 nitrogen and oxygen atoms in total. The molecule has 1 aliphatic rings. The zero-order chi connectivity index (χ0) is 24.9. The summed E-state index contributed by atoms with van der Waals surface area (Å²) in [5.41, 5.74) is 1.92. The van der Waals surface area contributed by atoms with E-state index in [0.29, 0.717) is 30.2 Å². The van der Waals surface area contributed by atoms with Gasteiger partial charge in [-0.1, -0.05) is 19.1 Å². The number of amides is 2. The van der Waals surface area contributed by atoms with Crippen LogP contribution in [-0.4, -0.2) is 46.5 Å². The second-order valence-electron chi connectivity index (χ2n) is 9.37. The van der Waals surface area contributed by atoms with E-state index in [0.717, 1.165) is 12.1 Å². The molecule has 0 N–H and O–H groups in total. The number of thiazole rings is 1. The predicted molar refractivity (Wildman–Crippen MR) is 131 cm³/mol. The number of esters is 1. The van der Waals surface area contributed by atoms with Gasteiger partial charge in [0.1, 0.15) is 12.2 Å². The maximum atomic E-state index is 12.7. The SMILES string of the molecule is CCc1ccc(N(C(C)=O)c2nc(COC(=O)C3CCCN(C(=O)OC(C)(C)C)C3)cs2)cc1. The third kappa shape index (κ3) is 6.79. The normalized spacial score (nSPS) is 16.1. The minimum atomic E-state index is -0.585. The molecule has 2 aromatic rings. The van der Waals surface area contributed by atoms with Gasteiger partial charge in [0.2, 0.25) is 5.91 Å². The monoisotopic (exact) mass is 487 g/mol. The summed E-state index contributed by atoms with van der Waals surface area (Å²) in [4.78, 5) is 45.0. The van der Waals surface area contributed by atoms with Crippen molar-refractivity contribution in [1.82, 2.24) is 9.88 Å². The molecule has 3 rings (SSSR count). The molecule has 1 saturated heterocycles. The van der Waals surface area contributed by atoms with Gasteiger partial charge in [-0.3, -0.25) is 14.5 Å². The second-order valence-corrected chi connectivity index (χ2v) is 10.2. The summed E-state index contributed by atoms with van der Waals surface area (Å²) in [6, 6.07) is 7.79. The molecule has 1 unspecified atom stereocenters. The minimum Gasteiger partial charge on any atom is -0.459 e. The Kier molecular flexibility index (Phi) is 8.30. The Labute approximate surface area is 204 Å². The van der Waals surface area contributed by atoms with E-state index in [-0.39, 0.29) is 25.0 Å². The van der Waals surface area contributed by atoms with Crippen LogP contribution in [0.15, 0.2) is 29.6 Å². The summed E-state index contributed by atoms with van der Waals surface area (Å²) in [7, 11) is 0. The van der Waals surface area contributed by atoms with Crippen molar-refractivity contribution in [1.29, 1.82) is 0 Å². The third-order valence-electron chi connectivity index (χ3n) is 5.42. The number of aromatic nitrogens is 1. The molecule has 0 aliphatic carbocycles. The Bertz CT molecular complexity index is 1010. The lowest BCUT2D eigenvalue weighted by Gasteiger charge is -2.33. The highest BCUT2D eigenvalue weighted by Gasteiger charge is 2.32. The van der Waals surface area contributed by atoms with Gasteiger partial charge >= 0.3 is 12.1 Å². The molecular weight excluding hydrogens is 454 g/mol. The minimum absolute atomic E-state index is 0.0127. The first-order valence-corrected chi connectivity index (χ1v) is 12.4. The van der Waals surface area contributed by atoms with Gasteiger partial charge in [0.05, 0.1) is 17.3 Å². The van der Waals surface area contributed by atoms with E-state index in [9.17, 15) is 14.4 Å². The molecule has 2 amide bonds. The zero-order valence-corrected chi connectivity index (χ0v) is 21.3. The van der Waals surface area contributed by atoms with Crippen LogP contribution in [-0.2, 0) is 32.1 Å². The van der Waals surface area contributed by atoms with Gasteiger partial charge in [0, 0.05) is 25.4 Å². The lowest BCUT2D eigenvalue weighted by Crippen LogP contribution is -2.45. The van der Waals surface area contributed by atoms with Crippen LogP contribution in [0.1, 0.15) is 58.7 Å². The number of hydrogen-bond donors (Lipinski definition) is 0. The summed E-state index contributed by atoms with van der Waals surface area (Å²) < 4.78 is 10.9. The van der Waals surface area contributed by atoms with Gasteiger partial charge in [-0.2, -0.15) is 0 Å². The van der Waals surface area contributed by atoms with Crippen LogP contribution >= 0.6 is 11.3 Å². The molecule has 34 heavy (non-hydrogen) atoms. The zero-order valence-electron chi connectivity index (χ0n) is 20.5. The molecule has 1 aromatic carbocycles. The van der Waals surface area contributed by atoms with E-state index >= 15 is 0 Å². The van der Waals surface area contributed by atoms with E-state index in [1.54, 1.807) is 15.2 Å². The molecule has 1 atom stereocenters. The molecule has 2 heterocycles. The lowest BCUT2D eigenvalue weighted by molar-refractivity contribution is -0.151. The summed E-state index contributed by atoms with van der Waals surface area (Å²) >= 11 is 1.32. The first-order chi connectivity index (χ1) is 16.1. The molecule has 0 saturated carbocycles. The van der Waals surface area contributed by atoms with E-state index in [1.807, 2.05) is 45.0 Å². The number of anilines is 2. The van der Waals surface area contributed by atoms with Crippen LogP contribution in [0.25, 0.3) is 0 Å². The number of carbonyl (C=O) groups is 3. The summed E-state index contributed by atoms with van der Waals surface area (Å²) in [5.74, 6) is -0.904. The molecule has 184 valence electrons. The molecule has 9 heteroatoms. The van der Waals surface area contributed by atoms with Gasteiger partial charge < -0.3 is 14.4 Å². The van der Waals surface area contributed by atoms with Crippen molar-refractivity contribution in [2.75, 3.05) is 18.0 Å². The fraction of sp³-hybridized carbons (Fsp3) is 0.520. The Morgan fingerprint density at radius 3 is 2.53 bits per heavy atom. The molecule has 1 aromatic heterocycles. The largest absolute Gasteiger partial charge is 0.459 e. The number of carbonyl (C=O) groups excluding carboxylic acids is 3. The number of piperidine rings is 1. The lowest BCUT2D eigenvalue weighted by atomic mass is 9.98. The van der Waals surface area contributed by atoms with Crippen molar-refractivity contribution >= 4 is 40.1 Å². The topological polar surface area (TPSA) is 89.0 Å². The molecular formula is C25H33N3O5S. The number of benzene rings is 1. The average Bonchev–Trinajstić information content (AvgIpc) is 3.25. The van der Waals surface area contributed by atoms with Gasteiger partial charge in [-0.15, -0.1) is 11.3 Å². The van der Waals surface area contributed by atoms with Crippen LogP contribution in [0.3, 0.4) is 0 Å².